The molecule has 0 fully saturated rings. The van der Waals surface area contributed by atoms with E-state index in [0.29, 0.717) is 0 Å². The van der Waals surface area contributed by atoms with Crippen LogP contribution in [-0.2, 0) is 0 Å². The fourth-order valence-corrected chi connectivity index (χ4v) is 4.29. The topological polar surface area (TPSA) is 104 Å². The molecule has 0 spiro atoms. The monoisotopic (exact) mass is 413 g/mol. The Labute approximate surface area is 136 Å². The lowest BCUT2D eigenvalue weighted by Crippen LogP contribution is -3.61. The van der Waals surface area contributed by atoms with Crippen molar-refractivity contribution < 1.29 is 41.1 Å². The Hall–Kier alpha value is -2.16. The van der Waals surface area contributed by atoms with Crippen LogP contribution in [-0.4, -0.2) is 15.8 Å². The van der Waals surface area contributed by atoms with Gasteiger partial charge in [-0.2, -0.15) is 0 Å². The van der Waals surface area contributed by atoms with Crippen LogP contribution in [0.3, 0.4) is 0 Å². The Kier molecular flexibility index (Phi) is 4.96. The Morgan fingerprint density at radius 3 is 2.50 bits per heavy atom. The Morgan fingerprint density at radius 1 is 1.32 bits per heavy atom. The Morgan fingerprint density at radius 2 is 1.95 bits per heavy atom. The highest BCUT2D eigenvalue weighted by atomic mass is 127. The van der Waals surface area contributed by atoms with Gasteiger partial charge in [-0.15, -0.1) is 0 Å². The van der Waals surface area contributed by atoms with E-state index in [1.165, 1.54) is 0 Å². The van der Waals surface area contributed by atoms with Crippen molar-refractivity contribution in [2.24, 2.45) is 0 Å². The summed E-state index contributed by atoms with van der Waals surface area (Å²) >= 11 is -1.12. The quantitative estimate of drug-likeness (QED) is 0.296. The molecular formula is C15H12INO5. The first-order valence-electron chi connectivity index (χ1n) is 6.40. The SMILES string of the molecule is CCC(=O)c1cc([N+](=O)[O-])c([O-])c([I+]c2ccccc2)c1O. The van der Waals surface area contributed by atoms with Crippen molar-refractivity contribution in [1.82, 2.24) is 0 Å². The highest BCUT2D eigenvalue weighted by molar-refractivity contribution is 5.99. The molecule has 0 aliphatic heterocycles. The number of Topliss-reactive ketones (excluding diaryl/α,β-unsaturated/α-hetero) is 1. The lowest BCUT2D eigenvalue weighted by atomic mass is 10.1. The van der Waals surface area contributed by atoms with Gasteiger partial charge in [0.2, 0.25) is 3.57 Å². The van der Waals surface area contributed by atoms with E-state index < -0.39 is 49.1 Å². The summed E-state index contributed by atoms with van der Waals surface area (Å²) in [5, 5.41) is 33.5. The van der Waals surface area contributed by atoms with E-state index in [9.17, 15) is 25.1 Å². The largest absolute Gasteiger partial charge is 0.865 e. The molecule has 0 unspecified atom stereocenters. The minimum absolute atomic E-state index is 0.0176. The van der Waals surface area contributed by atoms with E-state index in [0.717, 1.165) is 9.64 Å². The highest BCUT2D eigenvalue weighted by Crippen LogP contribution is 2.32. The standard InChI is InChI=1S/C15H12INO5/c1-2-12(18)10-8-11(17(21)22)15(20)13(14(10)19)16-9-6-4-3-5-7-9/h3-8H,2H2,1H3,(H-,18,19,20). The van der Waals surface area contributed by atoms with E-state index in [-0.39, 0.29) is 15.6 Å². The van der Waals surface area contributed by atoms with Gasteiger partial charge in [0.1, 0.15) is 0 Å². The average molecular weight is 413 g/mol. The first-order valence-corrected chi connectivity index (χ1v) is 8.55. The Bertz CT molecular complexity index is 730. The molecule has 114 valence electrons. The second-order valence-electron chi connectivity index (χ2n) is 4.36. The molecule has 6 nitrogen and oxygen atoms in total. The number of hydrogen-bond acceptors (Lipinski definition) is 5. The van der Waals surface area contributed by atoms with Crippen molar-refractivity contribution in [2.75, 3.05) is 0 Å². The average Bonchev–Trinajstić information content (AvgIpc) is 2.51. The summed E-state index contributed by atoms with van der Waals surface area (Å²) in [7, 11) is 0. The van der Waals surface area contributed by atoms with E-state index in [1.54, 1.807) is 31.2 Å². The maximum Gasteiger partial charge on any atom is 0.361 e. The van der Waals surface area contributed by atoms with E-state index in [2.05, 4.69) is 0 Å². The number of halogens is 1. The first-order chi connectivity index (χ1) is 10.5. The van der Waals surface area contributed by atoms with Gasteiger partial charge in [-0.25, -0.2) is 0 Å². The number of nitro groups is 1. The number of phenolic OH excluding ortho intramolecular Hbond substituents is 1. The fraction of sp³-hybridized carbons (Fsp3) is 0.133. The molecule has 0 bridgehead atoms. The maximum atomic E-state index is 12.2. The molecule has 0 aromatic heterocycles. The molecule has 1 N–H and O–H groups in total. The van der Waals surface area contributed by atoms with Crippen LogP contribution in [0.15, 0.2) is 36.4 Å². The van der Waals surface area contributed by atoms with Gasteiger partial charge >= 0.3 is 21.2 Å². The van der Waals surface area contributed by atoms with Crippen LogP contribution in [0.2, 0.25) is 0 Å². The number of carbonyl (C=O) groups is 1. The predicted molar refractivity (Wildman–Crippen MR) is 72.7 cm³/mol. The normalized spacial score (nSPS) is 10.4. The van der Waals surface area contributed by atoms with Gasteiger partial charge in [-0.3, -0.25) is 14.9 Å². The molecular weight excluding hydrogens is 401 g/mol. The van der Waals surface area contributed by atoms with E-state index in [1.807, 2.05) is 6.07 Å². The number of ketones is 1. The molecule has 0 aliphatic rings. The van der Waals surface area contributed by atoms with Gasteiger partial charge in [0.15, 0.2) is 15.1 Å². The molecule has 0 saturated carbocycles. The van der Waals surface area contributed by atoms with Crippen LogP contribution in [0.1, 0.15) is 23.7 Å². The lowest BCUT2D eigenvalue weighted by molar-refractivity contribution is -0.605. The Balaban J connectivity index is 2.62. The molecule has 0 amide bonds. The third-order valence-electron chi connectivity index (χ3n) is 2.93. The highest BCUT2D eigenvalue weighted by Gasteiger charge is 2.30. The minimum Gasteiger partial charge on any atom is -0.865 e. The van der Waals surface area contributed by atoms with E-state index in [4.69, 9.17) is 0 Å². The number of hydrogen-bond donors (Lipinski definition) is 1. The summed E-state index contributed by atoms with van der Waals surface area (Å²) in [6, 6.07) is 9.82. The molecule has 0 radical (unpaired) electrons. The van der Waals surface area contributed by atoms with Crippen LogP contribution >= 0.6 is 0 Å². The van der Waals surface area contributed by atoms with Crippen molar-refractivity contribution in [3.8, 4) is 11.5 Å². The summed E-state index contributed by atoms with van der Waals surface area (Å²) in [6.07, 6.45) is 0.0893. The molecule has 2 aromatic carbocycles. The molecule has 2 aromatic rings. The molecule has 0 heterocycles. The second-order valence-corrected chi connectivity index (χ2v) is 7.22. The van der Waals surface area contributed by atoms with Crippen molar-refractivity contribution >= 4 is 11.5 Å². The summed E-state index contributed by atoms with van der Waals surface area (Å²) in [6.45, 7) is 1.59. The zero-order valence-corrected chi connectivity index (χ0v) is 13.7. The third-order valence-corrected chi connectivity index (χ3v) is 5.81. The summed E-state index contributed by atoms with van der Waals surface area (Å²) in [5.74, 6) is -1.66. The van der Waals surface area contributed by atoms with Crippen LogP contribution in [0, 0.1) is 17.3 Å². The van der Waals surface area contributed by atoms with E-state index >= 15 is 0 Å². The van der Waals surface area contributed by atoms with Crippen molar-refractivity contribution in [3.05, 3.63) is 59.2 Å². The number of nitro benzene ring substituents is 1. The number of phenols is 1. The summed E-state index contributed by atoms with van der Waals surface area (Å²) in [4.78, 5) is 22.1. The number of rotatable bonds is 5. The molecule has 0 aliphatic carbocycles. The number of benzene rings is 2. The van der Waals surface area contributed by atoms with Gasteiger partial charge in [-0.05, 0) is 12.1 Å². The molecule has 0 atom stereocenters. The first kappa shape index (κ1) is 16.2. The van der Waals surface area contributed by atoms with Crippen LogP contribution in [0.5, 0.6) is 11.5 Å². The third kappa shape index (κ3) is 3.19. The molecule has 2 rings (SSSR count). The van der Waals surface area contributed by atoms with Gasteiger partial charge in [0, 0.05) is 18.2 Å². The van der Waals surface area contributed by atoms with Gasteiger partial charge < -0.3 is 10.2 Å². The smallest absolute Gasteiger partial charge is 0.361 e. The number of carbonyl (C=O) groups excluding carboxylic acids is 1. The van der Waals surface area contributed by atoms with Crippen molar-refractivity contribution in [2.45, 2.75) is 13.3 Å². The minimum atomic E-state index is -1.12. The lowest BCUT2D eigenvalue weighted by Gasteiger charge is -2.10. The van der Waals surface area contributed by atoms with Gasteiger partial charge in [0.25, 0.3) is 5.69 Å². The van der Waals surface area contributed by atoms with Crippen LogP contribution < -0.4 is 26.3 Å². The molecule has 7 heteroatoms. The summed E-state index contributed by atoms with van der Waals surface area (Å²) in [5.41, 5.74) is -0.820. The predicted octanol–water partition coefficient (Wildman–Crippen LogP) is -0.905. The van der Waals surface area contributed by atoms with Crippen molar-refractivity contribution in [3.63, 3.8) is 0 Å². The number of aromatic hydroxyl groups is 1. The van der Waals surface area contributed by atoms with Gasteiger partial charge in [0.05, 0.1) is 10.5 Å². The van der Waals surface area contributed by atoms with Crippen LogP contribution in [0.4, 0.5) is 5.69 Å². The second kappa shape index (κ2) is 6.73. The summed E-state index contributed by atoms with van der Waals surface area (Å²) < 4.78 is 0.806. The van der Waals surface area contributed by atoms with Crippen molar-refractivity contribution in [1.29, 1.82) is 0 Å². The maximum absolute atomic E-state index is 12.2. The zero-order valence-electron chi connectivity index (χ0n) is 11.6. The molecule has 22 heavy (non-hydrogen) atoms. The zero-order chi connectivity index (χ0) is 16.3. The van der Waals surface area contributed by atoms with Gasteiger partial charge in [-0.1, -0.05) is 25.1 Å². The number of nitrogens with zero attached hydrogens (tertiary/aromatic N) is 1. The molecule has 0 saturated heterocycles. The van der Waals surface area contributed by atoms with Crippen LogP contribution in [0.25, 0.3) is 0 Å². The fourth-order valence-electron chi connectivity index (χ4n) is 1.82.